The van der Waals surface area contributed by atoms with Gasteiger partial charge in [0.05, 0.1) is 13.7 Å². The van der Waals surface area contributed by atoms with Crippen LogP contribution in [0.15, 0.2) is 30.6 Å². The summed E-state index contributed by atoms with van der Waals surface area (Å²) >= 11 is 0. The van der Waals surface area contributed by atoms with Gasteiger partial charge in [-0.2, -0.15) is 5.10 Å². The van der Waals surface area contributed by atoms with Crippen LogP contribution < -0.4 is 9.47 Å². The van der Waals surface area contributed by atoms with Gasteiger partial charge in [-0.25, -0.2) is 4.98 Å². The molecule has 1 saturated heterocycles. The van der Waals surface area contributed by atoms with Crippen LogP contribution in [0.1, 0.15) is 31.0 Å². The number of nitrogens with zero attached hydrogens (tertiary/aromatic N) is 3. The molecule has 1 aromatic heterocycles. The number of likely N-dealkylation sites (tertiary alicyclic amines) is 1. The minimum atomic E-state index is 0.532. The van der Waals surface area contributed by atoms with Crippen LogP contribution >= 0.6 is 0 Å². The number of methoxy groups -OCH3 is 1. The maximum Gasteiger partial charge on any atom is 0.137 e. The summed E-state index contributed by atoms with van der Waals surface area (Å²) in [5, 5.41) is 6.93. The third-order valence-corrected chi connectivity index (χ3v) is 4.35. The predicted octanol–water partition coefficient (Wildman–Crippen LogP) is 2.46. The highest BCUT2D eigenvalue weighted by atomic mass is 16.5. The summed E-state index contributed by atoms with van der Waals surface area (Å²) in [7, 11) is 1.67. The third kappa shape index (κ3) is 4.45. The van der Waals surface area contributed by atoms with Gasteiger partial charge in [-0.1, -0.05) is 0 Å². The molecule has 124 valence electrons. The molecule has 0 aliphatic carbocycles. The second-order valence-corrected chi connectivity index (χ2v) is 5.86. The van der Waals surface area contributed by atoms with Crippen LogP contribution in [0.2, 0.25) is 0 Å². The van der Waals surface area contributed by atoms with Gasteiger partial charge in [0.2, 0.25) is 0 Å². The lowest BCUT2D eigenvalue weighted by atomic mass is 9.96. The van der Waals surface area contributed by atoms with Gasteiger partial charge in [-0.3, -0.25) is 5.10 Å². The van der Waals surface area contributed by atoms with E-state index in [-0.39, 0.29) is 0 Å². The lowest BCUT2D eigenvalue weighted by Crippen LogP contribution is -2.34. The van der Waals surface area contributed by atoms with E-state index in [0.717, 1.165) is 62.8 Å². The van der Waals surface area contributed by atoms with Gasteiger partial charge in [-0.15, -0.1) is 0 Å². The molecule has 23 heavy (non-hydrogen) atoms. The normalized spacial score (nSPS) is 16.4. The average molecular weight is 316 g/mol. The summed E-state index contributed by atoms with van der Waals surface area (Å²) in [6.45, 7) is 4.06. The van der Waals surface area contributed by atoms with Gasteiger partial charge in [-0.05, 0) is 56.6 Å². The van der Waals surface area contributed by atoms with Gasteiger partial charge in [0.25, 0.3) is 0 Å². The van der Waals surface area contributed by atoms with E-state index in [9.17, 15) is 0 Å². The monoisotopic (exact) mass is 316 g/mol. The number of hydrogen-bond acceptors (Lipinski definition) is 5. The number of benzene rings is 1. The van der Waals surface area contributed by atoms with Crippen LogP contribution in [-0.2, 0) is 0 Å². The SMILES string of the molecule is COc1ccc(OCCCN2CCC(c3ncn[nH]3)CC2)cc1. The molecule has 1 aliphatic heterocycles. The van der Waals surface area contributed by atoms with Crippen molar-refractivity contribution >= 4 is 0 Å². The molecule has 0 saturated carbocycles. The van der Waals surface area contributed by atoms with Crippen molar-refractivity contribution in [1.29, 1.82) is 0 Å². The van der Waals surface area contributed by atoms with Crippen molar-refractivity contribution in [1.82, 2.24) is 20.1 Å². The lowest BCUT2D eigenvalue weighted by Gasteiger charge is -2.30. The van der Waals surface area contributed by atoms with Crippen molar-refractivity contribution in [2.45, 2.75) is 25.2 Å². The highest BCUT2D eigenvalue weighted by molar-refractivity contribution is 5.31. The van der Waals surface area contributed by atoms with Crippen LogP contribution in [0.25, 0.3) is 0 Å². The Morgan fingerprint density at radius 3 is 2.57 bits per heavy atom. The number of aromatic nitrogens is 3. The Balaban J connectivity index is 1.32. The van der Waals surface area contributed by atoms with E-state index < -0.39 is 0 Å². The number of aromatic amines is 1. The molecule has 0 spiro atoms. The van der Waals surface area contributed by atoms with Crippen molar-refractivity contribution in [3.8, 4) is 11.5 Å². The number of nitrogens with one attached hydrogen (secondary N) is 1. The van der Waals surface area contributed by atoms with Gasteiger partial charge < -0.3 is 14.4 Å². The first-order chi connectivity index (χ1) is 11.3. The van der Waals surface area contributed by atoms with Gasteiger partial charge >= 0.3 is 0 Å². The zero-order valence-corrected chi connectivity index (χ0v) is 13.6. The Morgan fingerprint density at radius 1 is 1.17 bits per heavy atom. The van der Waals surface area contributed by atoms with Crippen molar-refractivity contribution in [3.63, 3.8) is 0 Å². The number of rotatable bonds is 7. The summed E-state index contributed by atoms with van der Waals surface area (Å²) in [6.07, 6.45) is 4.93. The lowest BCUT2D eigenvalue weighted by molar-refractivity contribution is 0.191. The molecule has 1 aromatic carbocycles. The smallest absolute Gasteiger partial charge is 0.137 e. The fraction of sp³-hybridized carbons (Fsp3) is 0.529. The zero-order chi connectivity index (χ0) is 15.9. The van der Waals surface area contributed by atoms with E-state index in [4.69, 9.17) is 9.47 Å². The number of H-pyrrole nitrogens is 1. The standard InChI is InChI=1S/C17H24N4O2/c1-22-15-3-5-16(6-4-15)23-12-2-9-21-10-7-14(8-11-21)17-18-13-19-20-17/h3-6,13-14H,2,7-12H2,1H3,(H,18,19,20). The second kappa shape index (κ2) is 7.97. The van der Waals surface area contributed by atoms with E-state index in [1.54, 1.807) is 13.4 Å². The molecular formula is C17H24N4O2. The molecule has 0 unspecified atom stereocenters. The first-order valence-corrected chi connectivity index (χ1v) is 8.19. The molecule has 1 N–H and O–H groups in total. The summed E-state index contributed by atoms with van der Waals surface area (Å²) in [5.41, 5.74) is 0. The summed E-state index contributed by atoms with van der Waals surface area (Å²) in [5.74, 6) is 3.32. The molecule has 0 atom stereocenters. The van der Waals surface area contributed by atoms with Crippen molar-refractivity contribution in [3.05, 3.63) is 36.4 Å². The van der Waals surface area contributed by atoms with Crippen molar-refractivity contribution in [2.24, 2.45) is 0 Å². The fourth-order valence-corrected chi connectivity index (χ4v) is 2.99. The van der Waals surface area contributed by atoms with Crippen LogP contribution in [0.5, 0.6) is 11.5 Å². The Bertz CT molecular complexity index is 563. The highest BCUT2D eigenvalue weighted by Gasteiger charge is 2.21. The molecule has 2 aromatic rings. The van der Waals surface area contributed by atoms with E-state index in [1.165, 1.54) is 0 Å². The minimum absolute atomic E-state index is 0.532. The maximum atomic E-state index is 5.77. The average Bonchev–Trinajstić information content (AvgIpc) is 3.14. The van der Waals surface area contributed by atoms with E-state index >= 15 is 0 Å². The molecule has 0 bridgehead atoms. The quantitative estimate of drug-likeness (QED) is 0.795. The summed E-state index contributed by atoms with van der Waals surface area (Å²) < 4.78 is 10.9. The van der Waals surface area contributed by atoms with Crippen molar-refractivity contribution in [2.75, 3.05) is 33.4 Å². The first kappa shape index (κ1) is 15.8. The Morgan fingerprint density at radius 2 is 1.91 bits per heavy atom. The van der Waals surface area contributed by atoms with Crippen LogP contribution in [0.4, 0.5) is 0 Å². The van der Waals surface area contributed by atoms with Crippen LogP contribution in [0, 0.1) is 0 Å². The summed E-state index contributed by atoms with van der Waals surface area (Å²) in [6, 6.07) is 7.73. The predicted molar refractivity (Wildman–Crippen MR) is 87.9 cm³/mol. The molecule has 6 heteroatoms. The molecule has 1 fully saturated rings. The zero-order valence-electron chi connectivity index (χ0n) is 13.6. The maximum absolute atomic E-state index is 5.77. The van der Waals surface area contributed by atoms with Gasteiger partial charge in [0.1, 0.15) is 23.7 Å². The fourth-order valence-electron chi connectivity index (χ4n) is 2.99. The molecular weight excluding hydrogens is 292 g/mol. The van der Waals surface area contributed by atoms with Gasteiger partial charge in [0, 0.05) is 12.5 Å². The van der Waals surface area contributed by atoms with Gasteiger partial charge in [0.15, 0.2) is 0 Å². The Labute approximate surface area is 136 Å². The topological polar surface area (TPSA) is 63.3 Å². The molecule has 0 radical (unpaired) electrons. The molecule has 1 aliphatic rings. The third-order valence-electron chi connectivity index (χ3n) is 4.35. The molecule has 0 amide bonds. The van der Waals surface area contributed by atoms with Crippen molar-refractivity contribution < 1.29 is 9.47 Å². The highest BCUT2D eigenvalue weighted by Crippen LogP contribution is 2.25. The Hall–Kier alpha value is -2.08. The molecule has 2 heterocycles. The summed E-state index contributed by atoms with van der Waals surface area (Å²) in [4.78, 5) is 6.78. The number of ether oxygens (including phenoxy) is 2. The Kier molecular flexibility index (Phi) is 5.47. The number of piperidine rings is 1. The largest absolute Gasteiger partial charge is 0.497 e. The minimum Gasteiger partial charge on any atom is -0.497 e. The van der Waals surface area contributed by atoms with E-state index in [1.807, 2.05) is 24.3 Å². The van der Waals surface area contributed by atoms with Crippen LogP contribution in [-0.4, -0.2) is 53.4 Å². The molecule has 6 nitrogen and oxygen atoms in total. The van der Waals surface area contributed by atoms with E-state index in [2.05, 4.69) is 20.1 Å². The first-order valence-electron chi connectivity index (χ1n) is 8.19. The van der Waals surface area contributed by atoms with E-state index in [0.29, 0.717) is 5.92 Å². The molecule has 3 rings (SSSR count). The second-order valence-electron chi connectivity index (χ2n) is 5.86. The number of hydrogen-bond donors (Lipinski definition) is 1. The van der Waals surface area contributed by atoms with Crippen LogP contribution in [0.3, 0.4) is 0 Å².